The monoisotopic (exact) mass is 260 g/mol. The second kappa shape index (κ2) is 6.46. The van der Waals surface area contributed by atoms with E-state index in [4.69, 9.17) is 0 Å². The van der Waals surface area contributed by atoms with Crippen LogP contribution in [-0.2, 0) is 6.54 Å². The van der Waals surface area contributed by atoms with Crippen molar-refractivity contribution in [1.82, 2.24) is 20.1 Å². The third-order valence-corrected chi connectivity index (χ3v) is 4.11. The minimum absolute atomic E-state index is 0.878. The standard InChI is InChI=1S/C15H24N4/c1-2-6-17-14(3-1)13-16-7-8-18-9-11-19(12-10-18)15-4-5-15/h1-3,6,15-16H,4-5,7-13H2. The van der Waals surface area contributed by atoms with Crippen LogP contribution in [0.25, 0.3) is 0 Å². The lowest BCUT2D eigenvalue weighted by molar-refractivity contribution is 0.127. The summed E-state index contributed by atoms with van der Waals surface area (Å²) in [5.74, 6) is 0. The predicted octanol–water partition coefficient (Wildman–Crippen LogP) is 0.951. The van der Waals surface area contributed by atoms with E-state index < -0.39 is 0 Å². The fourth-order valence-electron chi connectivity index (χ4n) is 2.75. The van der Waals surface area contributed by atoms with Crippen molar-refractivity contribution >= 4 is 0 Å². The summed E-state index contributed by atoms with van der Waals surface area (Å²) in [5, 5.41) is 3.48. The average molecular weight is 260 g/mol. The third-order valence-electron chi connectivity index (χ3n) is 4.11. The van der Waals surface area contributed by atoms with E-state index in [0.717, 1.165) is 31.4 Å². The Bertz CT molecular complexity index is 369. The van der Waals surface area contributed by atoms with Gasteiger partial charge in [0.1, 0.15) is 0 Å². The summed E-state index contributed by atoms with van der Waals surface area (Å²) in [5.41, 5.74) is 1.13. The minimum atomic E-state index is 0.878. The maximum atomic E-state index is 4.32. The predicted molar refractivity (Wildman–Crippen MR) is 77.0 cm³/mol. The lowest BCUT2D eigenvalue weighted by Crippen LogP contribution is -2.48. The molecule has 2 heterocycles. The highest BCUT2D eigenvalue weighted by Crippen LogP contribution is 2.27. The van der Waals surface area contributed by atoms with Crippen molar-refractivity contribution in [2.75, 3.05) is 39.3 Å². The van der Waals surface area contributed by atoms with E-state index in [2.05, 4.69) is 26.2 Å². The quantitative estimate of drug-likeness (QED) is 0.772. The van der Waals surface area contributed by atoms with Gasteiger partial charge < -0.3 is 5.32 Å². The van der Waals surface area contributed by atoms with Crippen molar-refractivity contribution in [3.63, 3.8) is 0 Å². The van der Waals surface area contributed by atoms with Crippen LogP contribution >= 0.6 is 0 Å². The molecule has 1 saturated carbocycles. The number of pyridine rings is 1. The van der Waals surface area contributed by atoms with Crippen molar-refractivity contribution in [3.05, 3.63) is 30.1 Å². The Balaban J connectivity index is 1.28. The minimum Gasteiger partial charge on any atom is -0.310 e. The fraction of sp³-hybridized carbons (Fsp3) is 0.667. The molecule has 4 heteroatoms. The van der Waals surface area contributed by atoms with Crippen LogP contribution in [0.15, 0.2) is 24.4 Å². The highest BCUT2D eigenvalue weighted by molar-refractivity contribution is 5.02. The molecule has 104 valence electrons. The van der Waals surface area contributed by atoms with Gasteiger partial charge >= 0.3 is 0 Å². The van der Waals surface area contributed by atoms with Crippen molar-refractivity contribution in [2.45, 2.75) is 25.4 Å². The molecule has 1 N–H and O–H groups in total. The highest BCUT2D eigenvalue weighted by Gasteiger charge is 2.30. The highest BCUT2D eigenvalue weighted by atomic mass is 15.3. The summed E-state index contributed by atoms with van der Waals surface area (Å²) in [4.78, 5) is 9.55. The Morgan fingerprint density at radius 3 is 2.68 bits per heavy atom. The maximum absolute atomic E-state index is 4.32. The van der Waals surface area contributed by atoms with Gasteiger partial charge in [-0.3, -0.25) is 14.8 Å². The molecular weight excluding hydrogens is 236 g/mol. The van der Waals surface area contributed by atoms with Crippen LogP contribution in [0.3, 0.4) is 0 Å². The Morgan fingerprint density at radius 2 is 2.00 bits per heavy atom. The Labute approximate surface area is 115 Å². The zero-order valence-electron chi connectivity index (χ0n) is 11.6. The van der Waals surface area contributed by atoms with Crippen molar-refractivity contribution < 1.29 is 0 Å². The molecule has 19 heavy (non-hydrogen) atoms. The molecule has 0 atom stereocenters. The van der Waals surface area contributed by atoms with Gasteiger partial charge in [-0.25, -0.2) is 0 Å². The summed E-state index contributed by atoms with van der Waals surface area (Å²) < 4.78 is 0. The van der Waals surface area contributed by atoms with E-state index in [0.29, 0.717) is 0 Å². The molecule has 0 bridgehead atoms. The Hall–Kier alpha value is -0.970. The van der Waals surface area contributed by atoms with E-state index in [1.165, 1.54) is 39.0 Å². The van der Waals surface area contributed by atoms with Crippen molar-refractivity contribution in [2.24, 2.45) is 0 Å². The molecule has 1 aromatic heterocycles. The molecule has 1 aliphatic heterocycles. The van der Waals surface area contributed by atoms with Gasteiger partial charge in [0.2, 0.25) is 0 Å². The number of nitrogens with one attached hydrogen (secondary N) is 1. The van der Waals surface area contributed by atoms with Crippen molar-refractivity contribution in [3.8, 4) is 0 Å². The second-order valence-electron chi connectivity index (χ2n) is 5.61. The summed E-state index contributed by atoms with van der Waals surface area (Å²) >= 11 is 0. The number of piperazine rings is 1. The fourth-order valence-corrected chi connectivity index (χ4v) is 2.75. The molecule has 1 saturated heterocycles. The van der Waals surface area contributed by atoms with E-state index >= 15 is 0 Å². The van der Waals surface area contributed by atoms with Gasteiger partial charge in [0.15, 0.2) is 0 Å². The molecule has 3 rings (SSSR count). The first kappa shape index (κ1) is 13.0. The smallest absolute Gasteiger partial charge is 0.0541 e. The molecule has 0 amide bonds. The number of aromatic nitrogens is 1. The summed E-state index contributed by atoms with van der Waals surface area (Å²) in [7, 11) is 0. The maximum Gasteiger partial charge on any atom is 0.0541 e. The second-order valence-corrected chi connectivity index (χ2v) is 5.61. The molecule has 0 aromatic carbocycles. The topological polar surface area (TPSA) is 31.4 Å². The molecule has 0 spiro atoms. The molecule has 1 aromatic rings. The van der Waals surface area contributed by atoms with Crippen molar-refractivity contribution in [1.29, 1.82) is 0 Å². The summed E-state index contributed by atoms with van der Waals surface area (Å²) in [6.45, 7) is 8.10. The molecule has 1 aliphatic carbocycles. The number of hydrogen-bond acceptors (Lipinski definition) is 4. The van der Waals surface area contributed by atoms with Gasteiger partial charge in [-0.15, -0.1) is 0 Å². The Kier molecular flexibility index (Phi) is 4.43. The molecule has 2 aliphatic rings. The molecule has 0 unspecified atom stereocenters. The van der Waals surface area contributed by atoms with Crippen LogP contribution in [0.2, 0.25) is 0 Å². The van der Waals surface area contributed by atoms with Gasteiger partial charge in [0, 0.05) is 58.1 Å². The average Bonchev–Trinajstić information content (AvgIpc) is 3.30. The van der Waals surface area contributed by atoms with Gasteiger partial charge in [-0.1, -0.05) is 6.07 Å². The number of hydrogen-bond donors (Lipinski definition) is 1. The van der Waals surface area contributed by atoms with Gasteiger partial charge in [0.25, 0.3) is 0 Å². The first-order valence-corrected chi connectivity index (χ1v) is 7.49. The lowest BCUT2D eigenvalue weighted by Gasteiger charge is -2.34. The lowest BCUT2D eigenvalue weighted by atomic mass is 10.3. The number of nitrogens with zero attached hydrogens (tertiary/aromatic N) is 3. The molecule has 4 nitrogen and oxygen atoms in total. The van der Waals surface area contributed by atoms with E-state index in [1.807, 2.05) is 18.3 Å². The van der Waals surface area contributed by atoms with Gasteiger partial charge in [0.05, 0.1) is 5.69 Å². The van der Waals surface area contributed by atoms with E-state index in [-0.39, 0.29) is 0 Å². The van der Waals surface area contributed by atoms with Crippen LogP contribution < -0.4 is 5.32 Å². The normalized spacial score (nSPS) is 21.7. The summed E-state index contributed by atoms with van der Waals surface area (Å²) in [6, 6.07) is 7.01. The zero-order valence-corrected chi connectivity index (χ0v) is 11.6. The van der Waals surface area contributed by atoms with Gasteiger partial charge in [-0.2, -0.15) is 0 Å². The molecule has 2 fully saturated rings. The van der Waals surface area contributed by atoms with Crippen LogP contribution in [0.4, 0.5) is 0 Å². The molecule has 0 radical (unpaired) electrons. The van der Waals surface area contributed by atoms with E-state index in [9.17, 15) is 0 Å². The number of rotatable bonds is 6. The third kappa shape index (κ3) is 4.00. The van der Waals surface area contributed by atoms with Crippen LogP contribution in [0.1, 0.15) is 18.5 Å². The Morgan fingerprint density at radius 1 is 1.16 bits per heavy atom. The van der Waals surface area contributed by atoms with Crippen LogP contribution in [0.5, 0.6) is 0 Å². The largest absolute Gasteiger partial charge is 0.310 e. The molecular formula is C15H24N4. The van der Waals surface area contributed by atoms with Crippen LogP contribution in [-0.4, -0.2) is 60.1 Å². The summed E-state index contributed by atoms with van der Waals surface area (Å²) in [6.07, 6.45) is 4.73. The first-order chi connectivity index (χ1) is 9.42. The van der Waals surface area contributed by atoms with Gasteiger partial charge in [-0.05, 0) is 25.0 Å². The zero-order chi connectivity index (χ0) is 12.9. The van der Waals surface area contributed by atoms with Crippen LogP contribution in [0, 0.1) is 0 Å². The SMILES string of the molecule is c1ccc(CNCCN2CCN(C3CC3)CC2)nc1. The first-order valence-electron chi connectivity index (χ1n) is 7.49. The van der Waals surface area contributed by atoms with E-state index in [1.54, 1.807) is 0 Å².